The Morgan fingerprint density at radius 3 is 3.06 bits per heavy atom. The highest BCUT2D eigenvalue weighted by Gasteiger charge is 2.11. The number of pyridine rings is 1. The van der Waals surface area contributed by atoms with Gasteiger partial charge in [0, 0.05) is 23.3 Å². The average molecular weight is 227 g/mol. The Balaban J connectivity index is 2.17. The van der Waals surface area contributed by atoms with Crippen molar-refractivity contribution in [3.05, 3.63) is 36.3 Å². The van der Waals surface area contributed by atoms with Crippen molar-refractivity contribution >= 4 is 16.9 Å². The van der Waals surface area contributed by atoms with Gasteiger partial charge in [0.25, 0.3) is 5.91 Å². The van der Waals surface area contributed by atoms with E-state index >= 15 is 0 Å². The minimum absolute atomic E-state index is 0.361. The van der Waals surface area contributed by atoms with Gasteiger partial charge in [-0.15, -0.1) is 0 Å². The van der Waals surface area contributed by atoms with Gasteiger partial charge in [0.15, 0.2) is 5.65 Å². The molecule has 4 N–H and O–H groups in total. The smallest absolute Gasteiger partial charge is 0.265 e. The van der Waals surface area contributed by atoms with E-state index < -0.39 is 5.91 Å². The summed E-state index contributed by atoms with van der Waals surface area (Å²) in [5.41, 5.74) is 7.81. The van der Waals surface area contributed by atoms with Crippen LogP contribution in [0.2, 0.25) is 0 Å². The van der Waals surface area contributed by atoms with Crippen LogP contribution >= 0.6 is 0 Å². The molecular formula is C11H9N5O. The molecule has 0 saturated carbocycles. The summed E-state index contributed by atoms with van der Waals surface area (Å²) in [6, 6.07) is 5.42. The maximum Gasteiger partial charge on any atom is 0.265 e. The number of fused-ring (bicyclic) bond motifs is 1. The Morgan fingerprint density at radius 2 is 2.29 bits per heavy atom. The predicted molar refractivity (Wildman–Crippen MR) is 62.2 cm³/mol. The molecule has 3 aromatic heterocycles. The van der Waals surface area contributed by atoms with Gasteiger partial charge in [-0.2, -0.15) is 5.10 Å². The number of carbonyl (C=O) groups is 1. The van der Waals surface area contributed by atoms with Crippen molar-refractivity contribution < 1.29 is 4.79 Å². The van der Waals surface area contributed by atoms with Crippen LogP contribution in [0.3, 0.4) is 0 Å². The molecule has 0 aliphatic rings. The molecular weight excluding hydrogens is 218 g/mol. The lowest BCUT2D eigenvalue weighted by atomic mass is 10.1. The highest BCUT2D eigenvalue weighted by atomic mass is 16.1. The molecule has 3 rings (SSSR count). The molecule has 3 heterocycles. The maximum atomic E-state index is 11.0. The van der Waals surface area contributed by atoms with Gasteiger partial charge in [0.05, 0.1) is 0 Å². The number of hydrogen-bond acceptors (Lipinski definition) is 3. The molecule has 1 amide bonds. The average Bonchev–Trinajstić information content (AvgIpc) is 2.95. The van der Waals surface area contributed by atoms with Crippen molar-refractivity contribution in [1.82, 2.24) is 20.2 Å². The summed E-state index contributed by atoms with van der Waals surface area (Å²) in [6.45, 7) is 0. The van der Waals surface area contributed by atoms with Gasteiger partial charge in [-0.25, -0.2) is 4.98 Å². The lowest BCUT2D eigenvalue weighted by Crippen LogP contribution is -2.10. The number of carbonyl (C=O) groups excluding carboxylic acids is 1. The number of amides is 1. The third-order valence-electron chi connectivity index (χ3n) is 2.56. The van der Waals surface area contributed by atoms with Crippen LogP contribution in [-0.2, 0) is 0 Å². The lowest BCUT2D eigenvalue weighted by Gasteiger charge is -1.91. The molecule has 0 aromatic carbocycles. The van der Waals surface area contributed by atoms with E-state index in [1.807, 2.05) is 12.1 Å². The molecule has 0 atom stereocenters. The number of rotatable bonds is 2. The van der Waals surface area contributed by atoms with Crippen molar-refractivity contribution in [3.63, 3.8) is 0 Å². The Bertz CT molecular complexity index is 697. The Morgan fingerprint density at radius 1 is 1.41 bits per heavy atom. The third-order valence-corrected chi connectivity index (χ3v) is 2.56. The lowest BCUT2D eigenvalue weighted by molar-refractivity contribution is 0.0996. The summed E-state index contributed by atoms with van der Waals surface area (Å²) in [4.78, 5) is 18.0. The monoisotopic (exact) mass is 227 g/mol. The van der Waals surface area contributed by atoms with Crippen molar-refractivity contribution in [2.24, 2.45) is 5.73 Å². The van der Waals surface area contributed by atoms with E-state index in [9.17, 15) is 4.79 Å². The van der Waals surface area contributed by atoms with E-state index in [2.05, 4.69) is 20.2 Å². The van der Waals surface area contributed by atoms with Crippen molar-refractivity contribution in [2.75, 3.05) is 0 Å². The van der Waals surface area contributed by atoms with Gasteiger partial charge in [-0.3, -0.25) is 9.89 Å². The van der Waals surface area contributed by atoms with E-state index in [-0.39, 0.29) is 0 Å². The predicted octanol–water partition coefficient (Wildman–Crippen LogP) is 1.05. The molecule has 6 heteroatoms. The summed E-state index contributed by atoms with van der Waals surface area (Å²) in [7, 11) is 0. The third kappa shape index (κ3) is 1.46. The molecule has 0 fully saturated rings. The molecule has 0 aliphatic carbocycles. The van der Waals surface area contributed by atoms with Gasteiger partial charge in [-0.05, 0) is 18.2 Å². The number of hydrogen-bond donors (Lipinski definition) is 3. The molecule has 0 saturated heterocycles. The standard InChI is InChI=1S/C11H9N5O/c12-10(17)8-4-6(5-14-8)9-7-2-1-3-13-11(7)16-15-9/h1-5,14H,(H2,12,17)(H,13,15,16). The fourth-order valence-corrected chi connectivity index (χ4v) is 1.75. The zero-order valence-electron chi connectivity index (χ0n) is 8.77. The number of primary amides is 1. The second kappa shape index (κ2) is 3.44. The Hall–Kier alpha value is -2.63. The molecule has 3 aromatic rings. The summed E-state index contributed by atoms with van der Waals surface area (Å²) < 4.78 is 0. The minimum Gasteiger partial charge on any atom is -0.364 e. The van der Waals surface area contributed by atoms with Gasteiger partial charge in [0.2, 0.25) is 0 Å². The van der Waals surface area contributed by atoms with Gasteiger partial charge in [-0.1, -0.05) is 0 Å². The fourth-order valence-electron chi connectivity index (χ4n) is 1.75. The molecule has 84 valence electrons. The van der Waals surface area contributed by atoms with Crippen molar-refractivity contribution in [3.8, 4) is 11.3 Å². The molecule has 0 unspecified atom stereocenters. The SMILES string of the molecule is NC(=O)c1cc(-c2n[nH]c3ncccc23)c[nH]1. The first-order valence-electron chi connectivity index (χ1n) is 5.03. The zero-order chi connectivity index (χ0) is 11.8. The second-order valence-corrected chi connectivity index (χ2v) is 3.64. The van der Waals surface area contributed by atoms with E-state index in [1.165, 1.54) is 0 Å². The van der Waals surface area contributed by atoms with Crippen molar-refractivity contribution in [1.29, 1.82) is 0 Å². The largest absolute Gasteiger partial charge is 0.364 e. The van der Waals surface area contributed by atoms with Crippen LogP contribution < -0.4 is 5.73 Å². The van der Waals surface area contributed by atoms with Crippen LogP contribution in [0.15, 0.2) is 30.6 Å². The quantitative estimate of drug-likeness (QED) is 0.610. The molecule has 0 aliphatic heterocycles. The fraction of sp³-hybridized carbons (Fsp3) is 0. The highest BCUT2D eigenvalue weighted by molar-refractivity contribution is 5.95. The van der Waals surface area contributed by atoms with E-state index in [0.29, 0.717) is 11.3 Å². The molecule has 6 nitrogen and oxygen atoms in total. The summed E-state index contributed by atoms with van der Waals surface area (Å²) in [5.74, 6) is -0.491. The summed E-state index contributed by atoms with van der Waals surface area (Å²) in [6.07, 6.45) is 3.39. The van der Waals surface area contributed by atoms with E-state index in [0.717, 1.165) is 16.6 Å². The number of aromatic nitrogens is 4. The number of nitrogens with one attached hydrogen (secondary N) is 2. The molecule has 17 heavy (non-hydrogen) atoms. The van der Waals surface area contributed by atoms with Crippen molar-refractivity contribution in [2.45, 2.75) is 0 Å². The first-order valence-corrected chi connectivity index (χ1v) is 5.03. The number of nitrogens with two attached hydrogens (primary N) is 1. The van der Waals surface area contributed by atoms with Crippen LogP contribution in [0.4, 0.5) is 0 Å². The normalized spacial score (nSPS) is 10.8. The van der Waals surface area contributed by atoms with Crippen LogP contribution in [0, 0.1) is 0 Å². The van der Waals surface area contributed by atoms with Crippen LogP contribution in [0.5, 0.6) is 0 Å². The van der Waals surface area contributed by atoms with E-state index in [1.54, 1.807) is 18.5 Å². The van der Waals surface area contributed by atoms with Gasteiger partial charge in [0.1, 0.15) is 11.4 Å². The maximum absolute atomic E-state index is 11.0. The van der Waals surface area contributed by atoms with Crippen LogP contribution in [0.1, 0.15) is 10.5 Å². The zero-order valence-corrected chi connectivity index (χ0v) is 8.77. The number of H-pyrrole nitrogens is 2. The first kappa shape index (κ1) is 9.59. The number of aromatic amines is 2. The van der Waals surface area contributed by atoms with Gasteiger partial charge < -0.3 is 10.7 Å². The number of nitrogens with zero attached hydrogens (tertiary/aromatic N) is 2. The molecule has 0 bridgehead atoms. The minimum atomic E-state index is -0.491. The highest BCUT2D eigenvalue weighted by Crippen LogP contribution is 2.25. The van der Waals surface area contributed by atoms with E-state index in [4.69, 9.17) is 5.73 Å². The molecule has 0 spiro atoms. The Kier molecular flexibility index (Phi) is 1.94. The second-order valence-electron chi connectivity index (χ2n) is 3.64. The summed E-state index contributed by atoms with van der Waals surface area (Å²) >= 11 is 0. The first-order chi connectivity index (χ1) is 8.25. The molecule has 0 radical (unpaired) electrons. The summed E-state index contributed by atoms with van der Waals surface area (Å²) in [5, 5.41) is 7.92. The van der Waals surface area contributed by atoms with Crippen LogP contribution in [0.25, 0.3) is 22.3 Å². The Labute approximate surface area is 95.9 Å². The van der Waals surface area contributed by atoms with Gasteiger partial charge >= 0.3 is 0 Å². The van der Waals surface area contributed by atoms with Crippen LogP contribution in [-0.4, -0.2) is 26.1 Å². The topological polar surface area (TPSA) is 100 Å².